The van der Waals surface area contributed by atoms with Gasteiger partial charge in [-0.25, -0.2) is 9.97 Å². The minimum Gasteiger partial charge on any atom is -0.439 e. The maximum atomic E-state index is 13.0. The largest absolute Gasteiger partial charge is 0.574 e. The fourth-order valence-electron chi connectivity index (χ4n) is 3.37. The highest BCUT2D eigenvalue weighted by Gasteiger charge is 2.34. The molecule has 174 valence electrons. The van der Waals surface area contributed by atoms with E-state index in [4.69, 9.17) is 4.42 Å². The first-order valence-corrected chi connectivity index (χ1v) is 9.55. The zero-order valence-electron chi connectivity index (χ0n) is 16.5. The molecule has 3 aromatic rings. The summed E-state index contributed by atoms with van der Waals surface area (Å²) in [5, 5.41) is 2.65. The number of rotatable bonds is 4. The molecule has 0 saturated heterocycles. The first-order chi connectivity index (χ1) is 15.5. The molecule has 0 spiro atoms. The lowest BCUT2D eigenvalue weighted by atomic mass is 9.97. The molecule has 1 aliphatic rings. The zero-order chi connectivity index (χ0) is 23.8. The quantitative estimate of drug-likeness (QED) is 0.546. The van der Waals surface area contributed by atoms with Crippen LogP contribution in [0.4, 0.5) is 26.3 Å². The molecule has 1 aliphatic carbocycles. The predicted octanol–water partition coefficient (Wildman–Crippen LogP) is 4.86. The number of hydrogen-bond donors (Lipinski definition) is 1. The van der Waals surface area contributed by atoms with Crippen molar-refractivity contribution < 1.29 is 40.3 Å². The molecular weight excluding hydrogens is 458 g/mol. The highest BCUT2D eigenvalue weighted by Crippen LogP contribution is 2.35. The van der Waals surface area contributed by atoms with Crippen molar-refractivity contribution in [3.8, 4) is 17.3 Å². The van der Waals surface area contributed by atoms with Gasteiger partial charge in [-0.15, -0.1) is 13.2 Å². The van der Waals surface area contributed by atoms with Gasteiger partial charge in [0.05, 0.1) is 11.7 Å². The van der Waals surface area contributed by atoms with Crippen LogP contribution in [0.15, 0.2) is 41.1 Å². The molecule has 0 bridgehead atoms. The second kappa shape index (κ2) is 8.37. The molecule has 1 N–H and O–H groups in total. The second-order valence-electron chi connectivity index (χ2n) is 7.11. The molecule has 13 heteroatoms. The number of oxazole rings is 1. The fourth-order valence-corrected chi connectivity index (χ4v) is 3.37. The number of carbonyl (C=O) groups is 1. The maximum Gasteiger partial charge on any atom is 0.574 e. The number of carbonyl (C=O) groups excluding carboxylic acids is 1. The lowest BCUT2D eigenvalue weighted by Gasteiger charge is -2.21. The van der Waals surface area contributed by atoms with Crippen LogP contribution in [0.25, 0.3) is 11.5 Å². The molecule has 1 unspecified atom stereocenters. The lowest BCUT2D eigenvalue weighted by Crippen LogP contribution is -2.30. The number of aromatic nitrogens is 3. The summed E-state index contributed by atoms with van der Waals surface area (Å²) in [5.41, 5.74) is -0.682. The van der Waals surface area contributed by atoms with E-state index < -0.39 is 36.1 Å². The van der Waals surface area contributed by atoms with Gasteiger partial charge in [-0.2, -0.15) is 13.2 Å². The summed E-state index contributed by atoms with van der Waals surface area (Å²) >= 11 is 0. The van der Waals surface area contributed by atoms with Crippen molar-refractivity contribution in [2.24, 2.45) is 0 Å². The van der Waals surface area contributed by atoms with Gasteiger partial charge in [0, 0.05) is 29.6 Å². The molecule has 33 heavy (non-hydrogen) atoms. The molecule has 1 amide bonds. The van der Waals surface area contributed by atoms with Crippen LogP contribution >= 0.6 is 0 Å². The predicted molar refractivity (Wildman–Crippen MR) is 98.8 cm³/mol. The molecule has 0 aliphatic heterocycles. The Morgan fingerprint density at radius 1 is 1.09 bits per heavy atom. The smallest absolute Gasteiger partial charge is 0.439 e. The first-order valence-electron chi connectivity index (χ1n) is 9.55. The van der Waals surface area contributed by atoms with Crippen LogP contribution in [0.5, 0.6) is 5.88 Å². The summed E-state index contributed by atoms with van der Waals surface area (Å²) in [6.07, 6.45) is -6.09. The number of fused-ring (bicyclic) bond motifs is 1. The summed E-state index contributed by atoms with van der Waals surface area (Å²) in [6, 6.07) is 3.51. The van der Waals surface area contributed by atoms with Crippen molar-refractivity contribution in [2.75, 3.05) is 0 Å². The van der Waals surface area contributed by atoms with Gasteiger partial charge in [0.1, 0.15) is 11.5 Å². The third-order valence-corrected chi connectivity index (χ3v) is 4.77. The molecule has 3 heterocycles. The monoisotopic (exact) mass is 472 g/mol. The fraction of sp³-hybridized carbons (Fsp3) is 0.300. The molecule has 3 aromatic heterocycles. The third kappa shape index (κ3) is 5.23. The number of nitrogens with one attached hydrogen (secondary N) is 1. The van der Waals surface area contributed by atoms with Crippen molar-refractivity contribution in [3.63, 3.8) is 0 Å². The number of nitrogens with zero attached hydrogens (tertiary/aromatic N) is 3. The van der Waals surface area contributed by atoms with Gasteiger partial charge in [0.25, 0.3) is 5.91 Å². The molecule has 0 fully saturated rings. The SMILES string of the molecule is O=C(NC1CCCc2nc(-c3ccnc(C(F)(F)F)c3)oc21)c1ccnc(OC(F)(F)F)c1. The number of aryl methyl sites for hydroxylation is 1. The summed E-state index contributed by atoms with van der Waals surface area (Å²) in [5.74, 6) is -1.28. The average molecular weight is 472 g/mol. The van der Waals surface area contributed by atoms with E-state index >= 15 is 0 Å². The van der Waals surface area contributed by atoms with Gasteiger partial charge in [-0.05, 0) is 37.5 Å². The van der Waals surface area contributed by atoms with Crippen LogP contribution in [0.2, 0.25) is 0 Å². The van der Waals surface area contributed by atoms with Crippen molar-refractivity contribution in [1.29, 1.82) is 0 Å². The number of amides is 1. The van der Waals surface area contributed by atoms with E-state index in [0.717, 1.165) is 24.5 Å². The molecule has 0 saturated carbocycles. The maximum absolute atomic E-state index is 13.0. The molecule has 1 atom stereocenters. The Balaban J connectivity index is 1.56. The number of halogens is 6. The Morgan fingerprint density at radius 2 is 1.85 bits per heavy atom. The van der Waals surface area contributed by atoms with Gasteiger partial charge in [-0.1, -0.05) is 0 Å². The number of ether oxygens (including phenoxy) is 1. The summed E-state index contributed by atoms with van der Waals surface area (Å²) in [4.78, 5) is 23.6. The lowest BCUT2D eigenvalue weighted by molar-refractivity contribution is -0.276. The van der Waals surface area contributed by atoms with Crippen molar-refractivity contribution in [2.45, 2.75) is 37.8 Å². The number of alkyl halides is 6. The first kappa shape index (κ1) is 22.6. The number of pyridine rings is 2. The van der Waals surface area contributed by atoms with Crippen LogP contribution in [-0.2, 0) is 12.6 Å². The second-order valence-corrected chi connectivity index (χ2v) is 7.11. The highest BCUT2D eigenvalue weighted by atomic mass is 19.4. The minimum atomic E-state index is -4.96. The van der Waals surface area contributed by atoms with Crippen LogP contribution in [0, 0.1) is 0 Å². The van der Waals surface area contributed by atoms with Crippen molar-refractivity contribution in [3.05, 3.63) is 59.4 Å². The van der Waals surface area contributed by atoms with Crippen LogP contribution in [0.3, 0.4) is 0 Å². The standard InChI is InChI=1S/C20H14F6N4O3/c21-19(22,23)14-8-11(5-6-27-14)18-30-13-3-1-2-12(16(13)32-18)29-17(31)10-4-7-28-15(9-10)33-20(24,25)26/h4-9,12H,1-3H2,(H,29,31). The summed E-state index contributed by atoms with van der Waals surface area (Å²) < 4.78 is 85.5. The normalized spacial score (nSPS) is 16.2. The Hall–Kier alpha value is -3.64. The molecule has 0 aromatic carbocycles. The number of hydrogen-bond acceptors (Lipinski definition) is 6. The summed E-state index contributed by atoms with van der Waals surface area (Å²) in [6.45, 7) is 0. The minimum absolute atomic E-state index is 0.0566. The topological polar surface area (TPSA) is 90.1 Å². The van der Waals surface area contributed by atoms with E-state index in [9.17, 15) is 31.1 Å². The molecular formula is C20H14F6N4O3. The zero-order valence-corrected chi connectivity index (χ0v) is 16.5. The van der Waals surface area contributed by atoms with E-state index in [1.165, 1.54) is 12.1 Å². The highest BCUT2D eigenvalue weighted by molar-refractivity contribution is 5.94. The molecule has 0 radical (unpaired) electrons. The third-order valence-electron chi connectivity index (χ3n) is 4.77. The van der Waals surface area contributed by atoms with Crippen LogP contribution in [0.1, 0.15) is 46.4 Å². The van der Waals surface area contributed by atoms with Crippen LogP contribution < -0.4 is 10.1 Å². The van der Waals surface area contributed by atoms with E-state index in [2.05, 4.69) is 25.0 Å². The van der Waals surface area contributed by atoms with Gasteiger partial charge >= 0.3 is 12.5 Å². The van der Waals surface area contributed by atoms with Gasteiger partial charge < -0.3 is 14.5 Å². The Bertz CT molecular complexity index is 1180. The molecule has 4 rings (SSSR count). The van der Waals surface area contributed by atoms with Crippen LogP contribution in [-0.4, -0.2) is 27.2 Å². The van der Waals surface area contributed by atoms with E-state index in [1.54, 1.807) is 0 Å². The molecule has 7 nitrogen and oxygen atoms in total. The Morgan fingerprint density at radius 3 is 2.58 bits per heavy atom. The summed E-state index contributed by atoms with van der Waals surface area (Å²) in [7, 11) is 0. The average Bonchev–Trinajstić information content (AvgIpc) is 3.18. The van der Waals surface area contributed by atoms with Crippen molar-refractivity contribution in [1.82, 2.24) is 20.3 Å². The van der Waals surface area contributed by atoms with Gasteiger partial charge in [0.2, 0.25) is 11.8 Å². The van der Waals surface area contributed by atoms with E-state index in [0.29, 0.717) is 25.0 Å². The van der Waals surface area contributed by atoms with E-state index in [-0.39, 0.29) is 22.8 Å². The van der Waals surface area contributed by atoms with E-state index in [1.807, 2.05) is 0 Å². The Kier molecular flexibility index (Phi) is 5.72. The van der Waals surface area contributed by atoms with Crippen molar-refractivity contribution >= 4 is 5.91 Å². The van der Waals surface area contributed by atoms with Gasteiger partial charge in [0.15, 0.2) is 0 Å². The Labute approximate surface area is 181 Å². The van der Waals surface area contributed by atoms with Gasteiger partial charge in [-0.3, -0.25) is 9.78 Å².